The van der Waals surface area contributed by atoms with Crippen LogP contribution in [0.25, 0.3) is 0 Å². The van der Waals surface area contributed by atoms with E-state index in [1.165, 1.54) is 25.7 Å². The molecule has 1 aliphatic heterocycles. The standard InChI is InChI=1S/C13H20N2O2/c1-2-6-13(5-1)10-16-8-4-12(13)14-9-11-3-7-15-17-11/h3,7,12,14H,1-2,4-6,8-10H2. The third kappa shape index (κ3) is 2.24. The van der Waals surface area contributed by atoms with Crippen LogP contribution in [-0.2, 0) is 11.3 Å². The second-order valence-electron chi connectivity index (χ2n) is 5.32. The summed E-state index contributed by atoms with van der Waals surface area (Å²) in [7, 11) is 0. The molecule has 1 aromatic rings. The maximum absolute atomic E-state index is 5.70. The highest BCUT2D eigenvalue weighted by Gasteiger charge is 2.43. The number of ether oxygens (including phenoxy) is 1. The van der Waals surface area contributed by atoms with Gasteiger partial charge in [-0.05, 0) is 19.3 Å². The van der Waals surface area contributed by atoms with Crippen LogP contribution in [0, 0.1) is 5.41 Å². The summed E-state index contributed by atoms with van der Waals surface area (Å²) in [6, 6.07) is 2.50. The van der Waals surface area contributed by atoms with Crippen LogP contribution in [0.15, 0.2) is 16.8 Å². The van der Waals surface area contributed by atoms with Crippen molar-refractivity contribution in [2.24, 2.45) is 5.41 Å². The lowest BCUT2D eigenvalue weighted by Crippen LogP contribution is -2.50. The van der Waals surface area contributed by atoms with Crippen LogP contribution in [0.1, 0.15) is 37.9 Å². The van der Waals surface area contributed by atoms with E-state index in [0.717, 1.165) is 31.9 Å². The smallest absolute Gasteiger partial charge is 0.150 e. The normalized spacial score (nSPS) is 27.6. The van der Waals surface area contributed by atoms with Crippen molar-refractivity contribution in [2.75, 3.05) is 13.2 Å². The molecule has 1 N–H and O–H groups in total. The van der Waals surface area contributed by atoms with Gasteiger partial charge in [-0.3, -0.25) is 0 Å². The van der Waals surface area contributed by atoms with Crippen molar-refractivity contribution in [1.29, 1.82) is 0 Å². The second kappa shape index (κ2) is 4.78. The van der Waals surface area contributed by atoms with Gasteiger partial charge in [0.15, 0.2) is 0 Å². The summed E-state index contributed by atoms with van der Waals surface area (Å²) in [6.07, 6.45) is 8.14. The molecule has 4 nitrogen and oxygen atoms in total. The molecule has 1 aliphatic carbocycles. The zero-order valence-corrected chi connectivity index (χ0v) is 10.2. The second-order valence-corrected chi connectivity index (χ2v) is 5.32. The first-order chi connectivity index (χ1) is 8.39. The molecule has 0 aromatic carbocycles. The van der Waals surface area contributed by atoms with Crippen molar-refractivity contribution < 1.29 is 9.26 Å². The molecule has 2 aliphatic rings. The molecule has 2 fully saturated rings. The van der Waals surface area contributed by atoms with Crippen molar-refractivity contribution in [3.63, 3.8) is 0 Å². The van der Waals surface area contributed by atoms with Crippen molar-refractivity contribution >= 4 is 0 Å². The van der Waals surface area contributed by atoms with Crippen molar-refractivity contribution in [3.05, 3.63) is 18.0 Å². The molecule has 0 bridgehead atoms. The van der Waals surface area contributed by atoms with Crippen LogP contribution in [0.4, 0.5) is 0 Å². The van der Waals surface area contributed by atoms with Gasteiger partial charge in [-0.1, -0.05) is 18.0 Å². The lowest BCUT2D eigenvalue weighted by Gasteiger charge is -2.41. The molecule has 0 radical (unpaired) electrons. The van der Waals surface area contributed by atoms with E-state index in [2.05, 4.69) is 10.5 Å². The first-order valence-electron chi connectivity index (χ1n) is 6.60. The molecule has 1 saturated carbocycles. The Kier molecular flexibility index (Phi) is 3.16. The average Bonchev–Trinajstić information content (AvgIpc) is 3.00. The van der Waals surface area contributed by atoms with Crippen LogP contribution in [0.2, 0.25) is 0 Å². The molecule has 1 aromatic heterocycles. The summed E-state index contributed by atoms with van der Waals surface area (Å²) in [4.78, 5) is 0. The first-order valence-corrected chi connectivity index (χ1v) is 6.60. The molecule has 0 amide bonds. The number of nitrogens with one attached hydrogen (secondary N) is 1. The van der Waals surface area contributed by atoms with Crippen LogP contribution >= 0.6 is 0 Å². The Labute approximate surface area is 102 Å². The quantitative estimate of drug-likeness (QED) is 0.873. The SMILES string of the molecule is c1cc(CNC2CCOCC23CCCC3)on1. The lowest BCUT2D eigenvalue weighted by atomic mass is 9.76. The zero-order chi connectivity index (χ0) is 11.6. The van der Waals surface area contributed by atoms with Crippen LogP contribution in [0.5, 0.6) is 0 Å². The number of aromatic nitrogens is 1. The fourth-order valence-electron chi connectivity index (χ4n) is 3.33. The van der Waals surface area contributed by atoms with Gasteiger partial charge in [0, 0.05) is 24.1 Å². The largest absolute Gasteiger partial charge is 0.381 e. The van der Waals surface area contributed by atoms with Gasteiger partial charge in [0.05, 0.1) is 19.3 Å². The molecule has 1 unspecified atom stereocenters. The molecular weight excluding hydrogens is 216 g/mol. The Balaban J connectivity index is 1.63. The van der Waals surface area contributed by atoms with Crippen LogP contribution in [0.3, 0.4) is 0 Å². The molecule has 1 spiro atoms. The third-order valence-electron chi connectivity index (χ3n) is 4.29. The average molecular weight is 236 g/mol. The minimum Gasteiger partial charge on any atom is -0.381 e. The zero-order valence-electron chi connectivity index (χ0n) is 10.2. The van der Waals surface area contributed by atoms with Gasteiger partial charge >= 0.3 is 0 Å². The first kappa shape index (κ1) is 11.2. The van der Waals surface area contributed by atoms with E-state index in [0.29, 0.717) is 11.5 Å². The molecule has 2 heterocycles. The van der Waals surface area contributed by atoms with E-state index in [4.69, 9.17) is 9.26 Å². The Morgan fingerprint density at radius 2 is 2.29 bits per heavy atom. The van der Waals surface area contributed by atoms with Gasteiger partial charge < -0.3 is 14.6 Å². The van der Waals surface area contributed by atoms with Crippen LogP contribution in [-0.4, -0.2) is 24.4 Å². The van der Waals surface area contributed by atoms with Gasteiger partial charge in [0.2, 0.25) is 0 Å². The van der Waals surface area contributed by atoms with Crippen molar-refractivity contribution in [2.45, 2.75) is 44.7 Å². The van der Waals surface area contributed by atoms with Crippen molar-refractivity contribution in [3.8, 4) is 0 Å². The highest BCUT2D eigenvalue weighted by atomic mass is 16.5. The van der Waals surface area contributed by atoms with E-state index < -0.39 is 0 Å². The molecule has 1 saturated heterocycles. The fraction of sp³-hybridized carbons (Fsp3) is 0.769. The van der Waals surface area contributed by atoms with E-state index >= 15 is 0 Å². The summed E-state index contributed by atoms with van der Waals surface area (Å²) >= 11 is 0. The van der Waals surface area contributed by atoms with Gasteiger partial charge in [0.25, 0.3) is 0 Å². The van der Waals surface area contributed by atoms with Gasteiger partial charge in [-0.2, -0.15) is 0 Å². The summed E-state index contributed by atoms with van der Waals surface area (Å²) in [5.41, 5.74) is 0.387. The maximum atomic E-state index is 5.70. The third-order valence-corrected chi connectivity index (χ3v) is 4.29. The summed E-state index contributed by atoms with van der Waals surface area (Å²) < 4.78 is 10.8. The summed E-state index contributed by atoms with van der Waals surface area (Å²) in [6.45, 7) is 2.60. The predicted octanol–water partition coefficient (Wildman–Crippen LogP) is 2.11. The van der Waals surface area contributed by atoms with Gasteiger partial charge in [-0.25, -0.2) is 0 Å². The van der Waals surface area contributed by atoms with Gasteiger partial charge in [0.1, 0.15) is 5.76 Å². The number of hydrogen-bond donors (Lipinski definition) is 1. The van der Waals surface area contributed by atoms with E-state index in [-0.39, 0.29) is 0 Å². The molecule has 1 atom stereocenters. The van der Waals surface area contributed by atoms with Crippen molar-refractivity contribution in [1.82, 2.24) is 10.5 Å². The number of nitrogens with zero attached hydrogens (tertiary/aromatic N) is 1. The Morgan fingerprint density at radius 1 is 1.41 bits per heavy atom. The monoisotopic (exact) mass is 236 g/mol. The Bertz CT molecular complexity index is 344. The molecule has 3 rings (SSSR count). The summed E-state index contributed by atoms with van der Waals surface area (Å²) in [5.74, 6) is 0.921. The number of hydrogen-bond acceptors (Lipinski definition) is 4. The van der Waals surface area contributed by atoms with Gasteiger partial charge in [-0.15, -0.1) is 0 Å². The minimum absolute atomic E-state index is 0.387. The molecular formula is C13H20N2O2. The maximum Gasteiger partial charge on any atom is 0.150 e. The predicted molar refractivity (Wildman–Crippen MR) is 63.5 cm³/mol. The highest BCUT2D eigenvalue weighted by Crippen LogP contribution is 2.44. The number of rotatable bonds is 3. The molecule has 4 heteroatoms. The van der Waals surface area contributed by atoms with E-state index in [9.17, 15) is 0 Å². The topological polar surface area (TPSA) is 47.3 Å². The Morgan fingerprint density at radius 3 is 3.06 bits per heavy atom. The highest BCUT2D eigenvalue weighted by molar-refractivity contribution is 4.99. The minimum atomic E-state index is 0.387. The molecule has 94 valence electrons. The molecule has 17 heavy (non-hydrogen) atoms. The Hall–Kier alpha value is -0.870. The summed E-state index contributed by atoms with van der Waals surface area (Å²) in [5, 5.41) is 7.38. The van der Waals surface area contributed by atoms with E-state index in [1.807, 2.05) is 6.07 Å². The van der Waals surface area contributed by atoms with Crippen LogP contribution < -0.4 is 5.32 Å². The van der Waals surface area contributed by atoms with E-state index in [1.54, 1.807) is 6.20 Å². The lowest BCUT2D eigenvalue weighted by molar-refractivity contribution is -0.0308. The fourth-order valence-corrected chi connectivity index (χ4v) is 3.33.